The molecule has 0 aliphatic heterocycles. The molecule has 5 nitrogen and oxygen atoms in total. The van der Waals surface area contributed by atoms with Crippen molar-refractivity contribution in [1.82, 2.24) is 9.71 Å². The van der Waals surface area contributed by atoms with E-state index in [4.69, 9.17) is 16.3 Å². The maximum Gasteiger partial charge on any atom is 0.241 e. The molecule has 8 heteroatoms. The van der Waals surface area contributed by atoms with Gasteiger partial charge in [0.2, 0.25) is 10.0 Å². The third kappa shape index (κ3) is 4.74. The average Bonchev–Trinajstić information content (AvgIpc) is 2.66. The molecule has 0 aliphatic rings. The highest BCUT2D eigenvalue weighted by atomic mass is 35.5. The summed E-state index contributed by atoms with van der Waals surface area (Å²) < 4.78 is 45.2. The second kappa shape index (κ2) is 8.35. The zero-order valence-electron chi connectivity index (χ0n) is 13.9. The highest BCUT2D eigenvalue weighted by molar-refractivity contribution is 7.89. The molecule has 2 aromatic carbocycles. The first-order valence-corrected chi connectivity index (χ1v) is 9.70. The zero-order valence-corrected chi connectivity index (χ0v) is 15.5. The van der Waals surface area contributed by atoms with Crippen LogP contribution >= 0.6 is 11.6 Å². The Kier molecular flexibility index (Phi) is 5.91. The van der Waals surface area contributed by atoms with Gasteiger partial charge in [0.25, 0.3) is 0 Å². The van der Waals surface area contributed by atoms with Gasteiger partial charge in [0.05, 0.1) is 16.5 Å². The number of sulfonamides is 1. The Hall–Kier alpha value is -2.66. The van der Waals surface area contributed by atoms with Gasteiger partial charge in [0.15, 0.2) is 0 Å². The Balaban J connectivity index is 1.57. The van der Waals surface area contributed by atoms with Crippen molar-refractivity contribution in [2.75, 3.05) is 13.2 Å². The van der Waals surface area contributed by atoms with Gasteiger partial charge in [-0.1, -0.05) is 41.6 Å². The van der Waals surface area contributed by atoms with Crippen molar-refractivity contribution >= 4 is 32.5 Å². The van der Waals surface area contributed by atoms with Crippen molar-refractivity contribution < 1.29 is 17.5 Å². The lowest BCUT2D eigenvalue weighted by Gasteiger charge is -2.05. The molecule has 1 aromatic heterocycles. The Labute approximate surface area is 161 Å². The first-order chi connectivity index (χ1) is 13.0. The van der Waals surface area contributed by atoms with E-state index in [9.17, 15) is 12.8 Å². The van der Waals surface area contributed by atoms with Crippen LogP contribution in [0, 0.1) is 17.7 Å². The van der Waals surface area contributed by atoms with Gasteiger partial charge in [-0.2, -0.15) is 4.72 Å². The first-order valence-electron chi connectivity index (χ1n) is 7.84. The van der Waals surface area contributed by atoms with Gasteiger partial charge in [-0.15, -0.1) is 0 Å². The minimum absolute atomic E-state index is 0.0831. The molecular formula is C19H14ClFN2O3S. The lowest BCUT2D eigenvalue weighted by Crippen LogP contribution is -2.24. The van der Waals surface area contributed by atoms with Gasteiger partial charge >= 0.3 is 0 Å². The molecule has 0 aliphatic carbocycles. The van der Waals surface area contributed by atoms with Gasteiger partial charge in [0, 0.05) is 11.6 Å². The van der Waals surface area contributed by atoms with E-state index in [1.807, 2.05) is 24.3 Å². The molecule has 0 radical (unpaired) electrons. The molecule has 0 bridgehead atoms. The highest BCUT2D eigenvalue weighted by Gasteiger charge is 2.14. The van der Waals surface area contributed by atoms with Gasteiger partial charge in [-0.05, 0) is 30.3 Å². The largest absolute Gasteiger partial charge is 0.479 e. The van der Waals surface area contributed by atoms with E-state index < -0.39 is 15.8 Å². The van der Waals surface area contributed by atoms with Crippen LogP contribution in [-0.2, 0) is 10.0 Å². The fourth-order valence-electron chi connectivity index (χ4n) is 2.28. The molecule has 3 aromatic rings. The maximum atomic E-state index is 13.1. The molecule has 1 heterocycles. The summed E-state index contributed by atoms with van der Waals surface area (Å²) >= 11 is 5.61. The van der Waals surface area contributed by atoms with Crippen molar-refractivity contribution in [3.63, 3.8) is 0 Å². The Bertz CT molecular complexity index is 1140. The van der Waals surface area contributed by atoms with Crippen LogP contribution in [0.2, 0.25) is 5.02 Å². The number of aromatic nitrogens is 1. The average molecular weight is 405 g/mol. The van der Waals surface area contributed by atoms with E-state index in [0.717, 1.165) is 29.1 Å². The Morgan fingerprint density at radius 3 is 2.78 bits per heavy atom. The molecule has 0 atom stereocenters. The lowest BCUT2D eigenvalue weighted by molar-refractivity contribution is 0.374. The van der Waals surface area contributed by atoms with E-state index in [1.54, 1.807) is 12.3 Å². The number of para-hydroxylation sites is 1. The third-order valence-electron chi connectivity index (χ3n) is 3.57. The topological polar surface area (TPSA) is 68.3 Å². The maximum absolute atomic E-state index is 13.1. The predicted molar refractivity (Wildman–Crippen MR) is 102 cm³/mol. The summed E-state index contributed by atoms with van der Waals surface area (Å²) in [6.07, 6.45) is 1.68. The van der Waals surface area contributed by atoms with Crippen LogP contribution in [0.4, 0.5) is 4.39 Å². The van der Waals surface area contributed by atoms with E-state index >= 15 is 0 Å². The van der Waals surface area contributed by atoms with Crippen molar-refractivity contribution in [3.8, 4) is 17.6 Å². The Morgan fingerprint density at radius 2 is 1.96 bits per heavy atom. The van der Waals surface area contributed by atoms with Crippen molar-refractivity contribution in [2.24, 2.45) is 0 Å². The Morgan fingerprint density at radius 1 is 1.15 bits per heavy atom. The van der Waals surface area contributed by atoms with Crippen LogP contribution in [0.1, 0.15) is 0 Å². The van der Waals surface area contributed by atoms with E-state index in [0.29, 0.717) is 5.75 Å². The smallest absolute Gasteiger partial charge is 0.241 e. The second-order valence-corrected chi connectivity index (χ2v) is 7.55. The van der Waals surface area contributed by atoms with Crippen molar-refractivity contribution in [3.05, 3.63) is 65.6 Å². The first kappa shape index (κ1) is 19.1. The summed E-state index contributed by atoms with van der Waals surface area (Å²) in [7, 11) is -3.82. The number of nitrogens with one attached hydrogen (secondary N) is 1. The predicted octanol–water partition coefficient (Wildman–Crippen LogP) is 3.39. The minimum atomic E-state index is -3.82. The lowest BCUT2D eigenvalue weighted by atomic mass is 10.2. The summed E-state index contributed by atoms with van der Waals surface area (Å²) in [5, 5.41) is 0.690. The van der Waals surface area contributed by atoms with E-state index in [1.165, 1.54) is 0 Å². The third-order valence-corrected chi connectivity index (χ3v) is 5.26. The number of ether oxygens (including phenoxy) is 1. The van der Waals surface area contributed by atoms with Crippen LogP contribution in [0.3, 0.4) is 0 Å². The standard InChI is InChI=1S/C19H14ClFN2O3S/c20-16-13-15(8-9-17(16)21)27(24,25)23-11-1-2-12-26-18-7-3-5-14-6-4-10-22-19(14)18/h3-10,13,23H,11-12H2. The molecule has 0 spiro atoms. The number of hydrogen-bond donors (Lipinski definition) is 1. The van der Waals surface area contributed by atoms with Gasteiger partial charge < -0.3 is 4.74 Å². The van der Waals surface area contributed by atoms with E-state index in [2.05, 4.69) is 21.5 Å². The normalized spacial score (nSPS) is 11.0. The second-order valence-electron chi connectivity index (χ2n) is 5.37. The fourth-order valence-corrected chi connectivity index (χ4v) is 3.47. The molecule has 0 fully saturated rings. The molecule has 0 saturated carbocycles. The number of hydrogen-bond acceptors (Lipinski definition) is 4. The van der Waals surface area contributed by atoms with Crippen LogP contribution in [-0.4, -0.2) is 26.6 Å². The molecule has 0 amide bonds. The van der Waals surface area contributed by atoms with Gasteiger partial charge in [-0.25, -0.2) is 12.8 Å². The number of fused-ring (bicyclic) bond motifs is 1. The van der Waals surface area contributed by atoms with Gasteiger partial charge in [-0.3, -0.25) is 4.98 Å². The van der Waals surface area contributed by atoms with Crippen molar-refractivity contribution in [1.29, 1.82) is 0 Å². The monoisotopic (exact) mass is 404 g/mol. The molecule has 0 saturated heterocycles. The summed E-state index contributed by atoms with van der Waals surface area (Å²) in [4.78, 5) is 4.14. The SMILES string of the molecule is O=S(=O)(NCC#CCOc1cccc2cccnc12)c1ccc(F)c(Cl)c1. The van der Waals surface area contributed by atoms with E-state index in [-0.39, 0.29) is 23.1 Å². The van der Waals surface area contributed by atoms with Crippen LogP contribution in [0.15, 0.2) is 59.6 Å². The van der Waals surface area contributed by atoms with Crippen LogP contribution < -0.4 is 9.46 Å². The summed E-state index contributed by atoms with van der Waals surface area (Å²) in [5.74, 6) is 5.31. The minimum Gasteiger partial charge on any atom is -0.479 e. The molecule has 1 N–H and O–H groups in total. The van der Waals surface area contributed by atoms with Gasteiger partial charge in [0.1, 0.15) is 23.7 Å². The highest BCUT2D eigenvalue weighted by Crippen LogP contribution is 2.22. The summed E-state index contributed by atoms with van der Waals surface area (Å²) in [6, 6.07) is 12.5. The fraction of sp³-hybridized carbons (Fsp3) is 0.105. The van der Waals surface area contributed by atoms with Crippen LogP contribution in [0.5, 0.6) is 5.75 Å². The van der Waals surface area contributed by atoms with Crippen LogP contribution in [0.25, 0.3) is 10.9 Å². The number of nitrogens with zero attached hydrogens (tertiary/aromatic N) is 1. The molecule has 138 valence electrons. The number of rotatable bonds is 5. The number of halogens is 2. The van der Waals surface area contributed by atoms with Crippen molar-refractivity contribution in [2.45, 2.75) is 4.90 Å². The number of pyridine rings is 1. The quantitative estimate of drug-likeness (QED) is 0.662. The molecule has 27 heavy (non-hydrogen) atoms. The summed E-state index contributed by atoms with van der Waals surface area (Å²) in [5.41, 5.74) is 0.732. The molecular weight excluding hydrogens is 391 g/mol. The summed E-state index contributed by atoms with van der Waals surface area (Å²) in [6.45, 7) is -0.0335. The number of benzene rings is 2. The molecule has 3 rings (SSSR count). The molecule has 0 unspecified atom stereocenters. The zero-order chi connectivity index (χ0) is 19.3.